The lowest BCUT2D eigenvalue weighted by Crippen LogP contribution is -2.35. The van der Waals surface area contributed by atoms with Crippen molar-refractivity contribution < 1.29 is 24.3 Å². The van der Waals surface area contributed by atoms with Gasteiger partial charge < -0.3 is 9.84 Å². The van der Waals surface area contributed by atoms with Gasteiger partial charge in [0, 0.05) is 7.05 Å². The lowest BCUT2D eigenvalue weighted by Gasteiger charge is -2.24. The molecule has 2 aromatic rings. The zero-order valence-electron chi connectivity index (χ0n) is 15.0. The molecule has 4 rings (SSSR count). The van der Waals surface area contributed by atoms with Crippen molar-refractivity contribution in [1.82, 2.24) is 9.96 Å². The normalized spacial score (nSPS) is 25.1. The number of benzene rings is 2. The number of phenols is 1. The molecule has 7 nitrogen and oxygen atoms in total. The number of hydrogen-bond acceptors (Lipinski definition) is 6. The third-order valence-corrected chi connectivity index (χ3v) is 5.13. The van der Waals surface area contributed by atoms with Crippen LogP contribution in [0.4, 0.5) is 0 Å². The summed E-state index contributed by atoms with van der Waals surface area (Å²) >= 11 is 0. The van der Waals surface area contributed by atoms with Gasteiger partial charge >= 0.3 is 0 Å². The van der Waals surface area contributed by atoms with Crippen molar-refractivity contribution in [3.8, 4) is 11.5 Å². The molecular formula is C20H20N2O5. The van der Waals surface area contributed by atoms with Crippen LogP contribution in [0.5, 0.6) is 11.5 Å². The molecule has 3 atom stereocenters. The number of carbonyl (C=O) groups excluding carboxylic acids is 2. The first kappa shape index (κ1) is 17.5. The number of fused-ring (bicyclic) bond motifs is 1. The van der Waals surface area contributed by atoms with Crippen LogP contribution in [0, 0.1) is 5.92 Å². The average molecular weight is 368 g/mol. The number of phenolic OH excluding ortho intramolecular Hbond substituents is 1. The zero-order valence-corrected chi connectivity index (χ0v) is 15.0. The SMILES string of the molecule is COc1cc(C2C3C(=O)N(Cc4ccccc4)C(=O)C3ON2C)ccc1O. The molecule has 0 saturated carbocycles. The second-order valence-corrected chi connectivity index (χ2v) is 6.72. The fourth-order valence-electron chi connectivity index (χ4n) is 3.82. The Bertz CT molecular complexity index is 885. The van der Waals surface area contributed by atoms with Crippen LogP contribution in [0.1, 0.15) is 17.2 Å². The van der Waals surface area contributed by atoms with E-state index in [1.165, 1.54) is 23.1 Å². The number of hydrogen-bond donors (Lipinski definition) is 1. The largest absolute Gasteiger partial charge is 0.504 e. The number of nitrogens with zero attached hydrogens (tertiary/aromatic N) is 2. The summed E-state index contributed by atoms with van der Waals surface area (Å²) in [5.41, 5.74) is 1.62. The topological polar surface area (TPSA) is 79.3 Å². The van der Waals surface area contributed by atoms with Gasteiger partial charge in [0.1, 0.15) is 0 Å². The summed E-state index contributed by atoms with van der Waals surface area (Å²) in [7, 11) is 3.16. The van der Waals surface area contributed by atoms with Crippen LogP contribution in [0.2, 0.25) is 0 Å². The number of carbonyl (C=O) groups is 2. The van der Waals surface area contributed by atoms with Crippen LogP contribution in [-0.2, 0) is 21.0 Å². The van der Waals surface area contributed by atoms with Crippen molar-refractivity contribution in [3.63, 3.8) is 0 Å². The molecule has 2 heterocycles. The van der Waals surface area contributed by atoms with Gasteiger partial charge in [-0.15, -0.1) is 0 Å². The van der Waals surface area contributed by atoms with Crippen LogP contribution in [0.15, 0.2) is 48.5 Å². The van der Waals surface area contributed by atoms with Crippen LogP contribution < -0.4 is 4.74 Å². The monoisotopic (exact) mass is 368 g/mol. The molecule has 140 valence electrons. The van der Waals surface area contributed by atoms with Gasteiger partial charge in [-0.2, -0.15) is 5.06 Å². The summed E-state index contributed by atoms with van der Waals surface area (Å²) in [6.07, 6.45) is -0.837. The Morgan fingerprint density at radius 1 is 1.11 bits per heavy atom. The van der Waals surface area contributed by atoms with E-state index < -0.39 is 18.1 Å². The number of likely N-dealkylation sites (tertiary alicyclic amines) is 1. The molecule has 1 N–H and O–H groups in total. The molecule has 0 spiro atoms. The molecule has 2 amide bonds. The fourth-order valence-corrected chi connectivity index (χ4v) is 3.82. The zero-order chi connectivity index (χ0) is 19.1. The van der Waals surface area contributed by atoms with E-state index in [4.69, 9.17) is 9.57 Å². The van der Waals surface area contributed by atoms with Gasteiger partial charge in [0.25, 0.3) is 5.91 Å². The minimum absolute atomic E-state index is 0.0129. The molecule has 2 aliphatic rings. The van der Waals surface area contributed by atoms with Gasteiger partial charge in [0.05, 0.1) is 25.6 Å². The molecule has 3 unspecified atom stereocenters. The maximum absolute atomic E-state index is 13.1. The summed E-state index contributed by atoms with van der Waals surface area (Å²) in [5.74, 6) is -0.897. The number of hydroxylamine groups is 2. The standard InChI is InChI=1S/C20H20N2O5/c1-21-17(13-8-9-14(23)15(10-13)26-2)16-18(27-21)20(25)22(19(16)24)11-12-6-4-3-5-7-12/h3-10,16-18,23H,11H2,1-2H3. The van der Waals surface area contributed by atoms with E-state index in [1.54, 1.807) is 19.2 Å². The van der Waals surface area contributed by atoms with Crippen molar-refractivity contribution in [1.29, 1.82) is 0 Å². The van der Waals surface area contributed by atoms with Crippen molar-refractivity contribution in [3.05, 3.63) is 59.7 Å². The second kappa shape index (κ2) is 6.68. The van der Waals surface area contributed by atoms with Crippen LogP contribution in [0.3, 0.4) is 0 Å². The van der Waals surface area contributed by atoms with Crippen molar-refractivity contribution in [2.45, 2.75) is 18.7 Å². The van der Waals surface area contributed by atoms with E-state index in [-0.39, 0.29) is 24.1 Å². The summed E-state index contributed by atoms with van der Waals surface area (Å²) in [5, 5.41) is 11.4. The Morgan fingerprint density at radius 3 is 2.56 bits per heavy atom. The highest BCUT2D eigenvalue weighted by molar-refractivity contribution is 6.07. The lowest BCUT2D eigenvalue weighted by atomic mass is 9.91. The lowest BCUT2D eigenvalue weighted by molar-refractivity contribution is -0.170. The third kappa shape index (κ3) is 2.85. The average Bonchev–Trinajstić information content (AvgIpc) is 3.13. The third-order valence-electron chi connectivity index (χ3n) is 5.13. The minimum atomic E-state index is -0.837. The molecule has 2 aromatic carbocycles. The van der Waals surface area contributed by atoms with E-state index >= 15 is 0 Å². The van der Waals surface area contributed by atoms with Gasteiger partial charge in [-0.3, -0.25) is 19.3 Å². The Balaban J connectivity index is 1.65. The molecule has 2 saturated heterocycles. The van der Waals surface area contributed by atoms with E-state index in [0.717, 1.165) is 11.1 Å². The summed E-state index contributed by atoms with van der Waals surface area (Å²) < 4.78 is 5.17. The van der Waals surface area contributed by atoms with Crippen molar-refractivity contribution >= 4 is 11.8 Å². The predicted molar refractivity (Wildman–Crippen MR) is 95.5 cm³/mol. The second-order valence-electron chi connectivity index (χ2n) is 6.72. The van der Waals surface area contributed by atoms with Gasteiger partial charge in [-0.1, -0.05) is 36.4 Å². The van der Waals surface area contributed by atoms with Gasteiger partial charge in [-0.05, 0) is 23.3 Å². The number of imide groups is 1. The first-order chi connectivity index (χ1) is 13.0. The van der Waals surface area contributed by atoms with E-state index in [2.05, 4.69) is 0 Å². The molecule has 0 bridgehead atoms. The summed E-state index contributed by atoms with van der Waals surface area (Å²) in [6.45, 7) is 0.226. The molecule has 27 heavy (non-hydrogen) atoms. The molecule has 7 heteroatoms. The molecule has 0 radical (unpaired) electrons. The highest BCUT2D eigenvalue weighted by Gasteiger charge is 2.58. The van der Waals surface area contributed by atoms with Crippen LogP contribution in [-0.4, -0.2) is 47.1 Å². The first-order valence-electron chi connectivity index (χ1n) is 8.67. The number of ether oxygens (including phenoxy) is 1. The number of amides is 2. The number of aromatic hydroxyl groups is 1. The molecule has 0 aliphatic carbocycles. The first-order valence-corrected chi connectivity index (χ1v) is 8.67. The molecular weight excluding hydrogens is 348 g/mol. The van der Waals surface area contributed by atoms with Gasteiger partial charge in [-0.25, -0.2) is 0 Å². The predicted octanol–water partition coefficient (Wildman–Crippen LogP) is 1.87. The Hall–Kier alpha value is -2.90. The van der Waals surface area contributed by atoms with Gasteiger partial charge in [0.15, 0.2) is 17.6 Å². The maximum Gasteiger partial charge on any atom is 0.261 e. The summed E-state index contributed by atoms with van der Waals surface area (Å²) in [4.78, 5) is 32.9. The highest BCUT2D eigenvalue weighted by Crippen LogP contribution is 2.45. The Morgan fingerprint density at radius 2 is 1.85 bits per heavy atom. The van der Waals surface area contributed by atoms with E-state index in [1.807, 2.05) is 30.3 Å². The highest BCUT2D eigenvalue weighted by atomic mass is 16.7. The van der Waals surface area contributed by atoms with Crippen LogP contribution >= 0.6 is 0 Å². The van der Waals surface area contributed by atoms with Crippen LogP contribution in [0.25, 0.3) is 0 Å². The van der Waals surface area contributed by atoms with Crippen molar-refractivity contribution in [2.24, 2.45) is 5.92 Å². The summed E-state index contributed by atoms with van der Waals surface area (Å²) in [6, 6.07) is 13.8. The van der Waals surface area contributed by atoms with Crippen molar-refractivity contribution in [2.75, 3.05) is 14.2 Å². The number of rotatable bonds is 4. The minimum Gasteiger partial charge on any atom is -0.504 e. The Labute approximate surface area is 156 Å². The van der Waals surface area contributed by atoms with E-state index in [9.17, 15) is 14.7 Å². The Kier molecular flexibility index (Phi) is 4.33. The maximum atomic E-state index is 13.1. The fraction of sp³-hybridized carbons (Fsp3) is 0.300. The smallest absolute Gasteiger partial charge is 0.261 e. The molecule has 2 fully saturated rings. The molecule has 2 aliphatic heterocycles. The molecule has 0 aromatic heterocycles. The van der Waals surface area contributed by atoms with Gasteiger partial charge in [0.2, 0.25) is 5.91 Å². The van der Waals surface area contributed by atoms with E-state index in [0.29, 0.717) is 5.75 Å². The quantitative estimate of drug-likeness (QED) is 0.830. The number of methoxy groups -OCH3 is 1.